The summed E-state index contributed by atoms with van der Waals surface area (Å²) in [5.41, 5.74) is 6.75. The third-order valence-electron chi connectivity index (χ3n) is 4.22. The van der Waals surface area contributed by atoms with Crippen molar-refractivity contribution < 1.29 is 19.4 Å². The number of carbonyl (C=O) groups is 1. The number of nitrogens with zero attached hydrogens (tertiary/aromatic N) is 3. The van der Waals surface area contributed by atoms with Gasteiger partial charge in [0.15, 0.2) is 11.5 Å². The van der Waals surface area contributed by atoms with Crippen LogP contribution in [0.1, 0.15) is 19.8 Å². The summed E-state index contributed by atoms with van der Waals surface area (Å²) in [4.78, 5) is 22.3. The van der Waals surface area contributed by atoms with E-state index in [0.717, 1.165) is 0 Å². The Morgan fingerprint density at radius 2 is 1.96 bits per heavy atom. The average molecular weight is 377 g/mol. The molecule has 148 valence electrons. The molecule has 0 aliphatic rings. The minimum atomic E-state index is -0.960. The topological polar surface area (TPSA) is 123 Å². The van der Waals surface area contributed by atoms with Crippen LogP contribution in [0.3, 0.4) is 0 Å². The Labute approximate surface area is 158 Å². The molecule has 0 spiro atoms. The lowest BCUT2D eigenvalue weighted by atomic mass is 10.2. The van der Waals surface area contributed by atoms with Gasteiger partial charge < -0.3 is 30.5 Å². The van der Waals surface area contributed by atoms with Crippen molar-refractivity contribution in [3.8, 4) is 11.5 Å². The van der Waals surface area contributed by atoms with Gasteiger partial charge in [-0.05, 0) is 18.9 Å². The molecule has 1 amide bonds. The summed E-state index contributed by atoms with van der Waals surface area (Å²) in [7, 11) is 4.97. The smallest absolute Gasteiger partial charge is 0.248 e. The third-order valence-corrected chi connectivity index (χ3v) is 4.22. The molecule has 27 heavy (non-hydrogen) atoms. The Hall–Kier alpha value is -2.81. The van der Waals surface area contributed by atoms with E-state index in [1.807, 2.05) is 11.9 Å². The van der Waals surface area contributed by atoms with Gasteiger partial charge in [-0.3, -0.25) is 4.79 Å². The first kappa shape index (κ1) is 20.5. The van der Waals surface area contributed by atoms with Crippen molar-refractivity contribution in [1.82, 2.24) is 15.3 Å². The van der Waals surface area contributed by atoms with Crippen LogP contribution in [0.2, 0.25) is 0 Å². The van der Waals surface area contributed by atoms with Crippen molar-refractivity contribution in [2.75, 3.05) is 45.0 Å². The second-order valence-electron chi connectivity index (χ2n) is 6.12. The van der Waals surface area contributed by atoms with E-state index in [1.54, 1.807) is 33.3 Å². The van der Waals surface area contributed by atoms with Crippen LogP contribution >= 0.6 is 0 Å². The van der Waals surface area contributed by atoms with Gasteiger partial charge >= 0.3 is 0 Å². The minimum absolute atomic E-state index is 0.349. The van der Waals surface area contributed by atoms with E-state index in [9.17, 15) is 9.90 Å². The van der Waals surface area contributed by atoms with E-state index in [1.165, 1.54) is 0 Å². The first-order valence-corrected chi connectivity index (χ1v) is 8.77. The van der Waals surface area contributed by atoms with E-state index in [-0.39, 0.29) is 5.91 Å². The Morgan fingerprint density at radius 1 is 1.30 bits per heavy atom. The molecule has 2 rings (SSSR count). The summed E-state index contributed by atoms with van der Waals surface area (Å²) in [6.07, 6.45) is 0.106. The number of aliphatic hydroxyl groups excluding tert-OH is 1. The van der Waals surface area contributed by atoms with Gasteiger partial charge in [-0.2, -0.15) is 4.98 Å². The lowest BCUT2D eigenvalue weighted by Gasteiger charge is -2.19. The van der Waals surface area contributed by atoms with E-state index >= 15 is 0 Å². The highest BCUT2D eigenvalue weighted by molar-refractivity contribution is 5.91. The number of benzene rings is 1. The molecule has 0 fully saturated rings. The number of fused-ring (bicyclic) bond motifs is 1. The van der Waals surface area contributed by atoms with E-state index < -0.39 is 6.10 Å². The van der Waals surface area contributed by atoms with Crippen LogP contribution < -0.4 is 25.4 Å². The van der Waals surface area contributed by atoms with Gasteiger partial charge in [0.05, 0.1) is 19.7 Å². The van der Waals surface area contributed by atoms with Gasteiger partial charge in [0, 0.05) is 31.6 Å². The summed E-state index contributed by atoms with van der Waals surface area (Å²) < 4.78 is 10.6. The van der Waals surface area contributed by atoms with Crippen LogP contribution in [0, 0.1) is 0 Å². The zero-order chi connectivity index (χ0) is 20.0. The fraction of sp³-hybridized carbons (Fsp3) is 0.500. The lowest BCUT2D eigenvalue weighted by molar-refractivity contribution is -0.129. The number of anilines is 2. The molecule has 0 radical (unpaired) electrons. The van der Waals surface area contributed by atoms with E-state index in [4.69, 9.17) is 15.2 Å². The molecule has 1 atom stereocenters. The number of aliphatic hydroxyl groups is 1. The average Bonchev–Trinajstić information content (AvgIpc) is 2.68. The Balaban J connectivity index is 2.08. The number of nitrogens with one attached hydrogen (secondary N) is 1. The van der Waals surface area contributed by atoms with Crippen LogP contribution in [-0.4, -0.2) is 61.4 Å². The number of methoxy groups -OCH3 is 2. The molecule has 0 saturated heterocycles. The van der Waals surface area contributed by atoms with Gasteiger partial charge in [-0.25, -0.2) is 4.98 Å². The maximum absolute atomic E-state index is 11.6. The first-order valence-electron chi connectivity index (χ1n) is 8.77. The molecule has 0 aliphatic heterocycles. The number of amides is 1. The molecule has 9 heteroatoms. The molecule has 0 saturated carbocycles. The molecule has 1 heterocycles. The van der Waals surface area contributed by atoms with Crippen molar-refractivity contribution in [3.05, 3.63) is 12.1 Å². The largest absolute Gasteiger partial charge is 0.493 e. The lowest BCUT2D eigenvalue weighted by Crippen LogP contribution is -2.35. The van der Waals surface area contributed by atoms with Gasteiger partial charge in [-0.15, -0.1) is 0 Å². The van der Waals surface area contributed by atoms with Gasteiger partial charge in [0.25, 0.3) is 0 Å². The van der Waals surface area contributed by atoms with Crippen molar-refractivity contribution in [2.45, 2.75) is 25.9 Å². The second-order valence-corrected chi connectivity index (χ2v) is 6.12. The number of hydrogen-bond acceptors (Lipinski definition) is 8. The molecule has 1 unspecified atom stereocenters. The number of rotatable bonds is 9. The quantitative estimate of drug-likeness (QED) is 0.552. The molecule has 0 bridgehead atoms. The normalized spacial score (nSPS) is 11.9. The van der Waals surface area contributed by atoms with Gasteiger partial charge in [-0.1, -0.05) is 6.92 Å². The first-order chi connectivity index (χ1) is 12.9. The molecule has 1 aromatic heterocycles. The summed E-state index contributed by atoms with van der Waals surface area (Å²) in [6, 6.07) is 3.51. The molecule has 0 aliphatic carbocycles. The van der Waals surface area contributed by atoms with Crippen molar-refractivity contribution in [3.63, 3.8) is 0 Å². The number of ether oxygens (including phenoxy) is 2. The van der Waals surface area contributed by atoms with Crippen LogP contribution in [0.4, 0.5) is 11.8 Å². The monoisotopic (exact) mass is 377 g/mol. The zero-order valence-corrected chi connectivity index (χ0v) is 16.2. The molecule has 9 nitrogen and oxygen atoms in total. The summed E-state index contributed by atoms with van der Waals surface area (Å²) >= 11 is 0. The van der Waals surface area contributed by atoms with Crippen LogP contribution in [0.15, 0.2) is 12.1 Å². The number of carbonyl (C=O) groups excluding carboxylic acids is 1. The fourth-order valence-electron chi connectivity index (χ4n) is 2.57. The molecule has 4 N–H and O–H groups in total. The van der Waals surface area contributed by atoms with Crippen molar-refractivity contribution in [2.24, 2.45) is 0 Å². The number of nitrogen functional groups attached to an aromatic ring is 1. The summed E-state index contributed by atoms with van der Waals surface area (Å²) in [5.74, 6) is 1.60. The van der Waals surface area contributed by atoms with Crippen LogP contribution in [-0.2, 0) is 4.79 Å². The van der Waals surface area contributed by atoms with Crippen LogP contribution in [0.5, 0.6) is 11.5 Å². The number of nitrogens with two attached hydrogens (primary N) is 1. The van der Waals surface area contributed by atoms with Crippen molar-refractivity contribution in [1.29, 1.82) is 0 Å². The van der Waals surface area contributed by atoms with E-state index in [2.05, 4.69) is 15.3 Å². The Morgan fingerprint density at radius 3 is 2.59 bits per heavy atom. The predicted molar refractivity (Wildman–Crippen MR) is 104 cm³/mol. The molecule has 2 aromatic rings. The highest BCUT2D eigenvalue weighted by Crippen LogP contribution is 2.33. The summed E-state index contributed by atoms with van der Waals surface area (Å²) in [5, 5.41) is 12.8. The standard InChI is InChI=1S/C18H27N5O4/c1-5-13(24)17(25)20-7-6-8-23(2)18-21-12-10-15(27-4)14(26-3)9-11(12)16(19)22-18/h9-10,13,24H,5-8H2,1-4H3,(H,20,25)(H2,19,21,22). The number of aromatic nitrogens is 2. The Bertz CT molecular complexity index is 799. The van der Waals surface area contributed by atoms with Gasteiger partial charge in [0.2, 0.25) is 11.9 Å². The molecular formula is C18H27N5O4. The van der Waals surface area contributed by atoms with Crippen LogP contribution in [0.25, 0.3) is 10.9 Å². The summed E-state index contributed by atoms with van der Waals surface area (Å²) in [6.45, 7) is 2.82. The number of hydrogen-bond donors (Lipinski definition) is 3. The fourth-order valence-corrected chi connectivity index (χ4v) is 2.57. The van der Waals surface area contributed by atoms with Gasteiger partial charge in [0.1, 0.15) is 11.9 Å². The minimum Gasteiger partial charge on any atom is -0.493 e. The zero-order valence-electron chi connectivity index (χ0n) is 16.2. The van der Waals surface area contributed by atoms with Crippen molar-refractivity contribution >= 4 is 28.6 Å². The Kier molecular flexibility index (Phi) is 7.00. The SMILES string of the molecule is CCC(O)C(=O)NCCCN(C)c1nc(N)c2cc(OC)c(OC)cc2n1. The predicted octanol–water partition coefficient (Wildman–Crippen LogP) is 0.943. The highest BCUT2D eigenvalue weighted by atomic mass is 16.5. The maximum Gasteiger partial charge on any atom is 0.248 e. The maximum atomic E-state index is 11.6. The van der Waals surface area contributed by atoms with E-state index in [0.29, 0.717) is 60.1 Å². The molecular weight excluding hydrogens is 350 g/mol. The second kappa shape index (κ2) is 9.22. The molecule has 1 aromatic carbocycles. The third kappa shape index (κ3) is 4.88. The highest BCUT2D eigenvalue weighted by Gasteiger charge is 2.14.